The third-order valence-corrected chi connectivity index (χ3v) is 3.00. The lowest BCUT2D eigenvalue weighted by Gasteiger charge is -2.13. The number of rotatable bonds is 4. The molecule has 0 radical (unpaired) electrons. The number of anilines is 1. The van der Waals surface area contributed by atoms with Crippen LogP contribution in [0.2, 0.25) is 0 Å². The van der Waals surface area contributed by atoms with Gasteiger partial charge in [-0.2, -0.15) is 0 Å². The minimum absolute atomic E-state index is 0.188. The minimum Gasteiger partial charge on any atom is -0.481 e. The van der Waals surface area contributed by atoms with Gasteiger partial charge in [-0.05, 0) is 31.2 Å². The van der Waals surface area contributed by atoms with Crippen molar-refractivity contribution >= 4 is 11.7 Å². The maximum absolute atomic E-state index is 12.8. The van der Waals surface area contributed by atoms with Crippen LogP contribution in [0.3, 0.4) is 0 Å². The molecule has 22 heavy (non-hydrogen) atoms. The average Bonchev–Trinajstić information content (AvgIpc) is 2.90. The number of nitrogens with zero attached hydrogens (tertiary/aromatic N) is 1. The van der Waals surface area contributed by atoms with Gasteiger partial charge >= 0.3 is 0 Å². The van der Waals surface area contributed by atoms with E-state index in [0.29, 0.717) is 17.3 Å². The molecule has 1 atom stereocenters. The molecule has 5 nitrogen and oxygen atoms in total. The molecule has 0 saturated heterocycles. The van der Waals surface area contributed by atoms with E-state index in [1.54, 1.807) is 13.0 Å². The number of aromatic nitrogens is 1. The van der Waals surface area contributed by atoms with Gasteiger partial charge in [0, 0.05) is 11.5 Å². The first-order valence-electron chi connectivity index (χ1n) is 6.96. The molecule has 0 spiro atoms. The van der Waals surface area contributed by atoms with Gasteiger partial charge in [0.15, 0.2) is 11.9 Å². The molecule has 0 aliphatic rings. The van der Waals surface area contributed by atoms with Crippen LogP contribution in [-0.4, -0.2) is 17.2 Å². The highest BCUT2D eigenvalue weighted by molar-refractivity contribution is 5.93. The second kappa shape index (κ2) is 6.17. The molecule has 1 amide bonds. The summed E-state index contributed by atoms with van der Waals surface area (Å²) in [5.74, 6) is 0.707. The van der Waals surface area contributed by atoms with Crippen LogP contribution in [0.15, 0.2) is 34.9 Å². The van der Waals surface area contributed by atoms with Crippen molar-refractivity contribution in [1.82, 2.24) is 5.16 Å². The van der Waals surface area contributed by atoms with Gasteiger partial charge in [0.05, 0.1) is 0 Å². The first-order chi connectivity index (χ1) is 10.3. The van der Waals surface area contributed by atoms with Crippen molar-refractivity contribution in [1.29, 1.82) is 0 Å². The number of hydrogen-bond acceptors (Lipinski definition) is 4. The zero-order chi connectivity index (χ0) is 16.3. The van der Waals surface area contributed by atoms with E-state index in [9.17, 15) is 9.18 Å². The van der Waals surface area contributed by atoms with Crippen molar-refractivity contribution in [3.05, 3.63) is 41.9 Å². The first-order valence-corrected chi connectivity index (χ1v) is 6.96. The Morgan fingerprint density at radius 2 is 1.95 bits per heavy atom. The smallest absolute Gasteiger partial charge is 0.266 e. The Hall–Kier alpha value is -2.37. The molecule has 0 fully saturated rings. The molecule has 0 unspecified atom stereocenters. The summed E-state index contributed by atoms with van der Waals surface area (Å²) in [7, 11) is 0. The fourth-order valence-corrected chi connectivity index (χ4v) is 1.69. The van der Waals surface area contributed by atoms with Gasteiger partial charge in [-0.15, -0.1) is 0 Å². The Labute approximate surface area is 128 Å². The maximum atomic E-state index is 12.8. The number of hydrogen-bond donors (Lipinski definition) is 1. The van der Waals surface area contributed by atoms with Crippen LogP contribution in [0.5, 0.6) is 5.75 Å². The zero-order valence-electron chi connectivity index (χ0n) is 13.0. The molecule has 6 heteroatoms. The van der Waals surface area contributed by atoms with Gasteiger partial charge in [0.25, 0.3) is 5.91 Å². The Kier molecular flexibility index (Phi) is 4.49. The Balaban J connectivity index is 1.96. The quantitative estimate of drug-likeness (QED) is 0.938. The summed E-state index contributed by atoms with van der Waals surface area (Å²) in [5, 5.41) is 6.43. The molecule has 1 aromatic heterocycles. The third-order valence-electron chi connectivity index (χ3n) is 3.00. The Morgan fingerprint density at radius 1 is 1.32 bits per heavy atom. The van der Waals surface area contributed by atoms with Crippen LogP contribution in [0, 0.1) is 5.82 Å². The molecule has 2 rings (SSSR count). The molecule has 0 saturated carbocycles. The molecule has 0 aliphatic heterocycles. The SMILES string of the molecule is C[C@H](Oc1ccc(F)cc1)C(=O)Nc1cc(C(C)(C)C)on1. The highest BCUT2D eigenvalue weighted by Crippen LogP contribution is 2.24. The number of nitrogens with one attached hydrogen (secondary N) is 1. The van der Waals surface area contributed by atoms with Gasteiger partial charge < -0.3 is 14.6 Å². The monoisotopic (exact) mass is 306 g/mol. The average molecular weight is 306 g/mol. The standard InChI is InChI=1S/C16H19FN2O3/c1-10(21-12-7-5-11(17)6-8-12)15(20)18-14-9-13(22-19-14)16(2,3)4/h5-10H,1-4H3,(H,18,19,20)/t10-/m0/s1. The van der Waals surface area contributed by atoms with E-state index < -0.39 is 6.10 Å². The van der Waals surface area contributed by atoms with E-state index in [-0.39, 0.29) is 17.1 Å². The van der Waals surface area contributed by atoms with Crippen molar-refractivity contribution in [2.24, 2.45) is 0 Å². The summed E-state index contributed by atoms with van der Waals surface area (Å²) in [6, 6.07) is 7.16. The van der Waals surface area contributed by atoms with Crippen molar-refractivity contribution in [3.63, 3.8) is 0 Å². The van der Waals surface area contributed by atoms with Crippen molar-refractivity contribution in [2.75, 3.05) is 5.32 Å². The molecule has 0 bridgehead atoms. The lowest BCUT2D eigenvalue weighted by molar-refractivity contribution is -0.122. The minimum atomic E-state index is -0.750. The molecule has 2 aromatic rings. The number of halogens is 1. The number of ether oxygens (including phenoxy) is 1. The predicted molar refractivity (Wildman–Crippen MR) is 80.3 cm³/mol. The van der Waals surface area contributed by atoms with E-state index in [1.807, 2.05) is 20.8 Å². The second-order valence-electron chi connectivity index (χ2n) is 6.03. The largest absolute Gasteiger partial charge is 0.481 e. The molecule has 1 N–H and O–H groups in total. The van der Waals surface area contributed by atoms with Crippen LogP contribution in [-0.2, 0) is 10.2 Å². The Bertz CT molecular complexity index is 644. The lowest BCUT2D eigenvalue weighted by Crippen LogP contribution is -2.30. The first kappa shape index (κ1) is 16.0. The molecular weight excluding hydrogens is 287 g/mol. The molecule has 1 aromatic carbocycles. The van der Waals surface area contributed by atoms with Crippen LogP contribution in [0.1, 0.15) is 33.5 Å². The van der Waals surface area contributed by atoms with Gasteiger partial charge in [-0.1, -0.05) is 25.9 Å². The third kappa shape index (κ3) is 4.07. The molecule has 0 aliphatic carbocycles. The summed E-state index contributed by atoms with van der Waals surface area (Å²) in [5.41, 5.74) is -0.188. The molecule has 1 heterocycles. The zero-order valence-corrected chi connectivity index (χ0v) is 13.0. The normalized spacial score (nSPS) is 12.8. The fraction of sp³-hybridized carbons (Fsp3) is 0.375. The topological polar surface area (TPSA) is 64.4 Å². The number of carbonyl (C=O) groups excluding carboxylic acids is 1. The van der Waals surface area contributed by atoms with E-state index in [1.165, 1.54) is 24.3 Å². The van der Waals surface area contributed by atoms with E-state index in [2.05, 4.69) is 10.5 Å². The van der Waals surface area contributed by atoms with Crippen LogP contribution >= 0.6 is 0 Å². The highest BCUT2D eigenvalue weighted by Gasteiger charge is 2.22. The van der Waals surface area contributed by atoms with Gasteiger partial charge in [0.2, 0.25) is 0 Å². The van der Waals surface area contributed by atoms with E-state index in [0.717, 1.165) is 0 Å². The van der Waals surface area contributed by atoms with Crippen molar-refractivity contribution in [3.8, 4) is 5.75 Å². The van der Waals surface area contributed by atoms with Crippen LogP contribution in [0.4, 0.5) is 10.2 Å². The number of amides is 1. The van der Waals surface area contributed by atoms with E-state index >= 15 is 0 Å². The number of carbonyl (C=O) groups is 1. The fourth-order valence-electron chi connectivity index (χ4n) is 1.69. The highest BCUT2D eigenvalue weighted by atomic mass is 19.1. The van der Waals surface area contributed by atoms with Crippen LogP contribution in [0.25, 0.3) is 0 Å². The van der Waals surface area contributed by atoms with Gasteiger partial charge in [-0.3, -0.25) is 4.79 Å². The van der Waals surface area contributed by atoms with Gasteiger partial charge in [0.1, 0.15) is 17.3 Å². The molecular formula is C16H19FN2O3. The molecule has 118 valence electrons. The Morgan fingerprint density at radius 3 is 2.50 bits per heavy atom. The number of benzene rings is 1. The van der Waals surface area contributed by atoms with Gasteiger partial charge in [-0.25, -0.2) is 4.39 Å². The summed E-state index contributed by atoms with van der Waals surface area (Å²) in [6.07, 6.45) is -0.750. The maximum Gasteiger partial charge on any atom is 0.266 e. The predicted octanol–water partition coefficient (Wildman–Crippen LogP) is 3.52. The summed E-state index contributed by atoms with van der Waals surface area (Å²) >= 11 is 0. The van der Waals surface area contributed by atoms with Crippen molar-refractivity contribution in [2.45, 2.75) is 39.2 Å². The summed E-state index contributed by atoms with van der Waals surface area (Å²) < 4.78 is 23.4. The second-order valence-corrected chi connectivity index (χ2v) is 6.03. The summed E-state index contributed by atoms with van der Waals surface area (Å²) in [6.45, 7) is 7.56. The van der Waals surface area contributed by atoms with Crippen molar-refractivity contribution < 1.29 is 18.4 Å². The van der Waals surface area contributed by atoms with Crippen LogP contribution < -0.4 is 10.1 Å². The summed E-state index contributed by atoms with van der Waals surface area (Å²) in [4.78, 5) is 12.1. The lowest BCUT2D eigenvalue weighted by atomic mass is 9.93. The van der Waals surface area contributed by atoms with E-state index in [4.69, 9.17) is 9.26 Å².